The maximum atomic E-state index is 12.0. The summed E-state index contributed by atoms with van der Waals surface area (Å²) in [4.78, 5) is 26.4. The van der Waals surface area contributed by atoms with E-state index in [1.54, 1.807) is 36.4 Å². The second kappa shape index (κ2) is 8.60. The minimum Gasteiger partial charge on any atom is -0.382 e. The number of thiophene rings is 2. The number of carbonyl (C=O) groups excluding carboxylic acids is 2. The fourth-order valence-electron chi connectivity index (χ4n) is 2.34. The second-order valence-corrected chi connectivity index (χ2v) is 7.70. The molecule has 6 nitrogen and oxygen atoms in total. The Hall–Kier alpha value is -2.99. The molecule has 0 saturated carbocycles. The summed E-state index contributed by atoms with van der Waals surface area (Å²) in [6, 6.07) is 15.8. The predicted molar refractivity (Wildman–Crippen MR) is 104 cm³/mol. The molecular weight excluding hydrogens is 382 g/mol. The molecule has 0 aliphatic carbocycles. The number of hydrogen-bond donors (Lipinski definition) is 3. The molecule has 1 unspecified atom stereocenters. The fraction of sp³-hybridized carbons (Fsp3) is 0.105. The van der Waals surface area contributed by atoms with Gasteiger partial charge < -0.3 is 15.7 Å². The van der Waals surface area contributed by atoms with Crippen LogP contribution in [0.5, 0.6) is 0 Å². The molecule has 0 fully saturated rings. The van der Waals surface area contributed by atoms with Crippen molar-refractivity contribution in [3.05, 3.63) is 74.1 Å². The normalized spacial score (nSPS) is 11.4. The first-order valence-electron chi connectivity index (χ1n) is 7.97. The summed E-state index contributed by atoms with van der Waals surface area (Å²) in [6.07, 6.45) is -0.690. The molecule has 27 heavy (non-hydrogen) atoms. The third-order valence-corrected chi connectivity index (χ3v) is 5.75. The number of aliphatic hydroxyl groups is 1. The van der Waals surface area contributed by atoms with Crippen molar-refractivity contribution in [3.63, 3.8) is 0 Å². The van der Waals surface area contributed by atoms with E-state index in [1.807, 2.05) is 23.6 Å². The highest BCUT2D eigenvalue weighted by atomic mass is 32.1. The summed E-state index contributed by atoms with van der Waals surface area (Å²) in [5.41, 5.74) is 0.571. The lowest BCUT2D eigenvalue weighted by atomic mass is 10.2. The number of nitrogens with zero attached hydrogens (tertiary/aromatic N) is 1. The van der Waals surface area contributed by atoms with E-state index in [0.717, 1.165) is 14.6 Å². The molecule has 8 heteroatoms. The average Bonchev–Trinajstić information content (AvgIpc) is 3.38. The lowest BCUT2D eigenvalue weighted by Gasteiger charge is -2.07. The molecule has 2 heterocycles. The van der Waals surface area contributed by atoms with Gasteiger partial charge in [-0.2, -0.15) is 5.26 Å². The molecule has 3 aromatic rings. The number of benzene rings is 1. The molecule has 0 bridgehead atoms. The van der Waals surface area contributed by atoms with Crippen molar-refractivity contribution in [3.8, 4) is 6.07 Å². The van der Waals surface area contributed by atoms with E-state index >= 15 is 0 Å². The van der Waals surface area contributed by atoms with Crippen molar-refractivity contribution < 1.29 is 14.7 Å². The quantitative estimate of drug-likeness (QED) is 0.576. The van der Waals surface area contributed by atoms with Gasteiger partial charge in [-0.1, -0.05) is 18.2 Å². The van der Waals surface area contributed by atoms with Crippen LogP contribution in [0.4, 0.5) is 5.69 Å². The molecule has 0 spiro atoms. The van der Waals surface area contributed by atoms with E-state index in [2.05, 4.69) is 10.6 Å². The Balaban J connectivity index is 1.56. The highest BCUT2D eigenvalue weighted by Gasteiger charge is 2.17. The van der Waals surface area contributed by atoms with E-state index in [0.29, 0.717) is 0 Å². The third kappa shape index (κ3) is 4.60. The van der Waals surface area contributed by atoms with Crippen LogP contribution in [0.25, 0.3) is 0 Å². The smallest absolute Gasteiger partial charge is 0.313 e. The minimum absolute atomic E-state index is 0.175. The Labute approximate surface area is 163 Å². The molecule has 136 valence electrons. The van der Waals surface area contributed by atoms with Crippen LogP contribution in [-0.2, 0) is 16.1 Å². The van der Waals surface area contributed by atoms with Gasteiger partial charge in [0.25, 0.3) is 0 Å². The molecule has 3 N–H and O–H groups in total. The first kappa shape index (κ1) is 18.8. The van der Waals surface area contributed by atoms with Gasteiger partial charge in [-0.25, -0.2) is 0 Å². The number of rotatable bonds is 5. The van der Waals surface area contributed by atoms with E-state index in [4.69, 9.17) is 5.26 Å². The number of amides is 2. The Morgan fingerprint density at radius 3 is 2.63 bits per heavy atom. The molecule has 2 aromatic heterocycles. The van der Waals surface area contributed by atoms with E-state index < -0.39 is 17.9 Å². The lowest BCUT2D eigenvalue weighted by molar-refractivity contribution is -0.136. The van der Waals surface area contributed by atoms with Crippen molar-refractivity contribution in [2.75, 3.05) is 5.32 Å². The summed E-state index contributed by atoms with van der Waals surface area (Å²) >= 11 is 2.84. The Morgan fingerprint density at radius 2 is 1.89 bits per heavy atom. The van der Waals surface area contributed by atoms with Crippen molar-refractivity contribution in [1.29, 1.82) is 5.26 Å². The molecule has 1 aromatic carbocycles. The molecule has 2 amide bonds. The number of nitriles is 1. The number of carbonyl (C=O) groups is 2. The number of para-hydroxylation sites is 1. The van der Waals surface area contributed by atoms with Gasteiger partial charge in [-0.05, 0) is 35.7 Å². The average molecular weight is 397 g/mol. The van der Waals surface area contributed by atoms with Crippen molar-refractivity contribution >= 4 is 40.2 Å². The van der Waals surface area contributed by atoms with E-state index in [9.17, 15) is 14.7 Å². The summed E-state index contributed by atoms with van der Waals surface area (Å²) in [6.45, 7) is 0.175. The van der Waals surface area contributed by atoms with Crippen molar-refractivity contribution in [2.24, 2.45) is 0 Å². The van der Waals surface area contributed by atoms with Gasteiger partial charge in [0.1, 0.15) is 12.2 Å². The van der Waals surface area contributed by atoms with E-state index in [-0.39, 0.29) is 17.8 Å². The van der Waals surface area contributed by atoms with Crippen LogP contribution in [0.2, 0.25) is 0 Å². The van der Waals surface area contributed by atoms with Gasteiger partial charge in [-0.3, -0.25) is 9.59 Å². The van der Waals surface area contributed by atoms with Gasteiger partial charge in [0.15, 0.2) is 0 Å². The molecule has 0 aliphatic heterocycles. The summed E-state index contributed by atoms with van der Waals surface area (Å²) in [7, 11) is 0. The van der Waals surface area contributed by atoms with Crippen LogP contribution >= 0.6 is 22.7 Å². The highest BCUT2D eigenvalue weighted by molar-refractivity contribution is 7.12. The zero-order valence-electron chi connectivity index (χ0n) is 14.0. The number of nitrogens with one attached hydrogen (secondary N) is 2. The molecule has 3 rings (SSSR count). The largest absolute Gasteiger partial charge is 0.382 e. The van der Waals surface area contributed by atoms with Crippen LogP contribution in [0, 0.1) is 11.3 Å². The predicted octanol–water partition coefficient (Wildman–Crippen LogP) is 3.02. The highest BCUT2D eigenvalue weighted by Crippen LogP contribution is 2.30. The summed E-state index contributed by atoms with van der Waals surface area (Å²) < 4.78 is 0. The van der Waals surface area contributed by atoms with Crippen LogP contribution < -0.4 is 10.6 Å². The number of hydrogen-bond acceptors (Lipinski definition) is 6. The SMILES string of the molecule is N#Cc1ccccc1NC(=O)C(=O)NCc1ccc(C(O)c2cccs2)s1. The topological polar surface area (TPSA) is 102 Å². The molecule has 1 atom stereocenters. The molecule has 0 radical (unpaired) electrons. The minimum atomic E-state index is -0.840. The zero-order valence-corrected chi connectivity index (χ0v) is 15.6. The molecular formula is C19H15N3O3S2. The maximum absolute atomic E-state index is 12.0. The van der Waals surface area contributed by atoms with Crippen LogP contribution in [-0.4, -0.2) is 16.9 Å². The Bertz CT molecular complexity index is 990. The molecule has 0 saturated heterocycles. The van der Waals surface area contributed by atoms with Crippen molar-refractivity contribution in [2.45, 2.75) is 12.6 Å². The zero-order chi connectivity index (χ0) is 19.2. The summed E-state index contributed by atoms with van der Waals surface area (Å²) in [5.74, 6) is -1.63. The maximum Gasteiger partial charge on any atom is 0.313 e. The Morgan fingerprint density at radius 1 is 1.07 bits per heavy atom. The van der Waals surface area contributed by atoms with Crippen LogP contribution in [0.1, 0.15) is 26.3 Å². The number of anilines is 1. The van der Waals surface area contributed by atoms with Gasteiger partial charge in [-0.15, -0.1) is 22.7 Å². The first-order chi connectivity index (χ1) is 13.1. The van der Waals surface area contributed by atoms with Gasteiger partial charge in [0, 0.05) is 14.6 Å². The summed E-state index contributed by atoms with van der Waals surface area (Å²) in [5, 5.41) is 26.2. The Kier molecular flexibility index (Phi) is 5.98. The fourth-order valence-corrected chi connectivity index (χ4v) is 4.10. The third-order valence-electron chi connectivity index (χ3n) is 3.69. The van der Waals surface area contributed by atoms with Gasteiger partial charge >= 0.3 is 11.8 Å². The van der Waals surface area contributed by atoms with Crippen LogP contribution in [0.15, 0.2) is 53.9 Å². The van der Waals surface area contributed by atoms with Crippen molar-refractivity contribution in [1.82, 2.24) is 5.32 Å². The van der Waals surface area contributed by atoms with Gasteiger partial charge in [0.2, 0.25) is 0 Å². The first-order valence-corrected chi connectivity index (χ1v) is 9.66. The van der Waals surface area contributed by atoms with E-state index in [1.165, 1.54) is 22.7 Å². The lowest BCUT2D eigenvalue weighted by Crippen LogP contribution is -2.34. The van der Waals surface area contributed by atoms with Gasteiger partial charge in [0.05, 0.1) is 17.8 Å². The second-order valence-electron chi connectivity index (χ2n) is 5.52. The standard InChI is InChI=1S/C19H15N3O3S2/c20-10-12-4-1-2-5-14(12)22-19(25)18(24)21-11-13-7-8-16(27-13)17(23)15-6-3-9-26-15/h1-9,17,23H,11H2,(H,21,24)(H,22,25). The monoisotopic (exact) mass is 397 g/mol. The molecule has 0 aliphatic rings. The van der Waals surface area contributed by atoms with Crippen LogP contribution in [0.3, 0.4) is 0 Å². The number of aliphatic hydroxyl groups excluding tert-OH is 1.